The van der Waals surface area contributed by atoms with Crippen LogP contribution in [0.2, 0.25) is 0 Å². The van der Waals surface area contributed by atoms with Crippen molar-refractivity contribution in [2.24, 2.45) is 4.99 Å². The summed E-state index contributed by atoms with van der Waals surface area (Å²) in [6.45, 7) is 5.76. The van der Waals surface area contributed by atoms with E-state index in [9.17, 15) is 4.39 Å². The third-order valence-electron chi connectivity index (χ3n) is 4.75. The smallest absolute Gasteiger partial charge is 0.191 e. The topological polar surface area (TPSA) is 76.4 Å². The molecule has 2 aromatic rings. The predicted octanol–water partition coefficient (Wildman–Crippen LogP) is 2.55. The van der Waals surface area contributed by atoms with Gasteiger partial charge in [-0.3, -0.25) is 4.99 Å². The van der Waals surface area contributed by atoms with Crippen molar-refractivity contribution in [2.75, 3.05) is 26.2 Å². The van der Waals surface area contributed by atoms with Gasteiger partial charge in [0.25, 0.3) is 0 Å². The van der Waals surface area contributed by atoms with E-state index >= 15 is 0 Å². The highest BCUT2D eigenvalue weighted by Gasteiger charge is 2.15. The Morgan fingerprint density at radius 2 is 2.07 bits per heavy atom. The third-order valence-corrected chi connectivity index (χ3v) is 4.75. The van der Waals surface area contributed by atoms with Gasteiger partial charge in [0.1, 0.15) is 18.0 Å². The summed E-state index contributed by atoms with van der Waals surface area (Å²) in [6, 6.07) is 6.60. The Morgan fingerprint density at radius 1 is 1.28 bits per heavy atom. The number of aromatic nitrogens is 3. The van der Waals surface area contributed by atoms with E-state index < -0.39 is 0 Å². The number of ether oxygens (including phenoxy) is 1. The minimum atomic E-state index is -0.211. The second-order valence-electron chi connectivity index (χ2n) is 6.85. The number of benzene rings is 1. The molecule has 1 fully saturated rings. The van der Waals surface area contributed by atoms with Crippen LogP contribution in [0.5, 0.6) is 0 Å². The van der Waals surface area contributed by atoms with Crippen LogP contribution in [0.15, 0.2) is 35.6 Å². The monoisotopic (exact) mass is 516 g/mol. The Balaban J connectivity index is 0.00000300. The molecule has 1 aromatic heterocycles. The Bertz CT molecular complexity index is 746. The molecular formula is C20H30FIN6O. The number of guanidine groups is 1. The quantitative estimate of drug-likeness (QED) is 0.305. The molecular weight excluding hydrogens is 486 g/mol. The van der Waals surface area contributed by atoms with Crippen molar-refractivity contribution in [3.8, 4) is 0 Å². The predicted molar refractivity (Wildman–Crippen MR) is 122 cm³/mol. The van der Waals surface area contributed by atoms with Crippen molar-refractivity contribution in [3.05, 3.63) is 47.8 Å². The minimum Gasteiger partial charge on any atom is -0.376 e. The highest BCUT2D eigenvalue weighted by atomic mass is 127. The van der Waals surface area contributed by atoms with Crippen molar-refractivity contribution in [3.63, 3.8) is 0 Å². The maximum absolute atomic E-state index is 13.0. The number of halogens is 2. The third kappa shape index (κ3) is 7.88. The average molecular weight is 516 g/mol. The Hall–Kier alpha value is -1.75. The molecule has 1 aliphatic heterocycles. The molecule has 0 saturated carbocycles. The standard InChI is InChI=1S/C20H29FN6O.HI/c1-2-19-26-25-15-27(19)12-11-23-20(24-14-18-4-3-13-28-18)22-10-9-16-5-7-17(21)8-6-16;/h5-8,15,18H,2-4,9-14H2,1H3,(H2,22,23,24);1H. The van der Waals surface area contributed by atoms with Gasteiger partial charge in [-0.2, -0.15) is 0 Å². The zero-order chi connectivity index (χ0) is 19.6. The SMILES string of the molecule is CCc1nncn1CCNC(=NCC1CCCO1)NCCc1ccc(F)cc1.I. The van der Waals surface area contributed by atoms with Crippen molar-refractivity contribution >= 4 is 29.9 Å². The van der Waals surface area contributed by atoms with Gasteiger partial charge >= 0.3 is 0 Å². The summed E-state index contributed by atoms with van der Waals surface area (Å²) in [7, 11) is 0. The van der Waals surface area contributed by atoms with Crippen LogP contribution in [-0.4, -0.2) is 53.1 Å². The molecule has 0 aliphatic carbocycles. The van der Waals surface area contributed by atoms with Crippen LogP contribution < -0.4 is 10.6 Å². The lowest BCUT2D eigenvalue weighted by Gasteiger charge is -2.15. The molecule has 2 N–H and O–H groups in total. The van der Waals surface area contributed by atoms with E-state index in [1.165, 1.54) is 12.1 Å². The fourth-order valence-corrected chi connectivity index (χ4v) is 3.17. The molecule has 1 aliphatic rings. The van der Waals surface area contributed by atoms with E-state index in [2.05, 4.69) is 32.7 Å². The number of aliphatic imine (C=N–C) groups is 1. The minimum absolute atomic E-state index is 0. The summed E-state index contributed by atoms with van der Waals surface area (Å²) in [5.74, 6) is 1.53. The van der Waals surface area contributed by atoms with Gasteiger partial charge in [-0.25, -0.2) is 4.39 Å². The summed E-state index contributed by atoms with van der Waals surface area (Å²) in [5, 5.41) is 14.8. The zero-order valence-corrected chi connectivity index (χ0v) is 19.1. The Labute approximate surface area is 188 Å². The lowest BCUT2D eigenvalue weighted by molar-refractivity contribution is 0.117. The zero-order valence-electron chi connectivity index (χ0n) is 16.8. The number of hydrogen-bond donors (Lipinski definition) is 2. The van der Waals surface area contributed by atoms with Gasteiger partial charge in [0, 0.05) is 32.7 Å². The number of hydrogen-bond acceptors (Lipinski definition) is 4. The Kier molecular flexibility index (Phi) is 10.3. The highest BCUT2D eigenvalue weighted by Crippen LogP contribution is 2.11. The maximum atomic E-state index is 13.0. The van der Waals surface area contributed by atoms with Gasteiger partial charge in [0.2, 0.25) is 0 Å². The van der Waals surface area contributed by atoms with E-state index in [4.69, 9.17) is 4.74 Å². The molecule has 0 bridgehead atoms. The first-order chi connectivity index (χ1) is 13.7. The lowest BCUT2D eigenvalue weighted by Crippen LogP contribution is -2.40. The molecule has 3 rings (SSSR count). The van der Waals surface area contributed by atoms with Crippen LogP contribution in [-0.2, 0) is 24.1 Å². The summed E-state index contributed by atoms with van der Waals surface area (Å²) in [4.78, 5) is 4.68. The molecule has 0 amide bonds. The van der Waals surface area contributed by atoms with Gasteiger partial charge in [-0.1, -0.05) is 19.1 Å². The molecule has 0 radical (unpaired) electrons. The van der Waals surface area contributed by atoms with Gasteiger partial charge in [-0.05, 0) is 37.0 Å². The maximum Gasteiger partial charge on any atom is 0.191 e. The lowest BCUT2D eigenvalue weighted by atomic mass is 10.1. The van der Waals surface area contributed by atoms with Gasteiger partial charge in [-0.15, -0.1) is 34.2 Å². The largest absolute Gasteiger partial charge is 0.376 e. The van der Waals surface area contributed by atoms with Crippen molar-refractivity contribution in [1.82, 2.24) is 25.4 Å². The van der Waals surface area contributed by atoms with Crippen LogP contribution in [0.25, 0.3) is 0 Å². The van der Waals surface area contributed by atoms with Crippen molar-refractivity contribution in [1.29, 1.82) is 0 Å². The first-order valence-corrected chi connectivity index (χ1v) is 9.99. The van der Waals surface area contributed by atoms with E-state index in [-0.39, 0.29) is 35.9 Å². The molecule has 2 heterocycles. The molecule has 0 spiro atoms. The number of aryl methyl sites for hydroxylation is 1. The van der Waals surface area contributed by atoms with Crippen molar-refractivity contribution < 1.29 is 9.13 Å². The first kappa shape index (κ1) is 23.5. The van der Waals surface area contributed by atoms with E-state index in [0.29, 0.717) is 6.54 Å². The normalized spacial score (nSPS) is 16.5. The molecule has 7 nitrogen and oxygen atoms in total. The molecule has 160 valence electrons. The summed E-state index contributed by atoms with van der Waals surface area (Å²) in [6.07, 6.45) is 5.79. The summed E-state index contributed by atoms with van der Waals surface area (Å²) >= 11 is 0. The number of rotatable bonds is 9. The highest BCUT2D eigenvalue weighted by molar-refractivity contribution is 14.0. The fourth-order valence-electron chi connectivity index (χ4n) is 3.17. The second-order valence-corrected chi connectivity index (χ2v) is 6.85. The molecule has 29 heavy (non-hydrogen) atoms. The average Bonchev–Trinajstić information content (AvgIpc) is 3.38. The number of nitrogens with one attached hydrogen (secondary N) is 2. The second kappa shape index (κ2) is 12.7. The van der Waals surface area contributed by atoms with E-state index in [1.807, 2.05) is 16.7 Å². The molecule has 1 unspecified atom stereocenters. The van der Waals surface area contributed by atoms with Crippen LogP contribution in [0, 0.1) is 5.82 Å². The van der Waals surface area contributed by atoms with Crippen LogP contribution in [0.3, 0.4) is 0 Å². The summed E-state index contributed by atoms with van der Waals surface area (Å²) in [5.41, 5.74) is 1.09. The van der Waals surface area contributed by atoms with Gasteiger partial charge in [0.15, 0.2) is 5.96 Å². The first-order valence-electron chi connectivity index (χ1n) is 9.99. The van der Waals surface area contributed by atoms with E-state index in [0.717, 1.165) is 69.3 Å². The molecule has 1 atom stereocenters. The fraction of sp³-hybridized carbons (Fsp3) is 0.550. The number of nitrogens with zero attached hydrogens (tertiary/aromatic N) is 4. The Morgan fingerprint density at radius 3 is 2.79 bits per heavy atom. The van der Waals surface area contributed by atoms with Crippen molar-refractivity contribution in [2.45, 2.75) is 45.3 Å². The molecule has 1 saturated heterocycles. The van der Waals surface area contributed by atoms with Gasteiger partial charge < -0.3 is 19.9 Å². The van der Waals surface area contributed by atoms with Crippen LogP contribution >= 0.6 is 24.0 Å². The molecule has 1 aromatic carbocycles. The van der Waals surface area contributed by atoms with E-state index in [1.54, 1.807) is 6.33 Å². The summed E-state index contributed by atoms with van der Waals surface area (Å²) < 4.78 is 20.7. The van der Waals surface area contributed by atoms with Gasteiger partial charge in [0.05, 0.1) is 12.6 Å². The van der Waals surface area contributed by atoms with Crippen LogP contribution in [0.4, 0.5) is 4.39 Å². The molecule has 9 heteroatoms. The van der Waals surface area contributed by atoms with Crippen LogP contribution in [0.1, 0.15) is 31.2 Å².